The van der Waals surface area contributed by atoms with E-state index < -0.39 is 0 Å². The molecule has 5 heteroatoms. The van der Waals surface area contributed by atoms with E-state index in [0.29, 0.717) is 18.2 Å². The number of nitrogens with two attached hydrogens (primary N) is 1. The number of benzene rings is 1. The molecule has 1 aromatic rings. The van der Waals surface area contributed by atoms with Crippen molar-refractivity contribution in [1.29, 1.82) is 0 Å². The highest BCUT2D eigenvalue weighted by molar-refractivity contribution is 6.30. The highest BCUT2D eigenvalue weighted by Gasteiger charge is 2.32. The Morgan fingerprint density at radius 1 is 1.43 bits per heavy atom. The SMILES string of the molecule is CCN(CC)C1CCN(C(CN)c2cccc(Cl)c2F)C1. The standard InChI is InChI=1S/C16H25ClFN3/c1-3-20(4-2)12-8-9-21(11-12)15(10-19)13-6-5-7-14(17)16(13)18/h5-7,12,15H,3-4,8-11,19H2,1-2H3. The Morgan fingerprint density at radius 3 is 2.76 bits per heavy atom. The molecule has 1 aromatic carbocycles. The van der Waals surface area contributed by atoms with Crippen LogP contribution in [0.2, 0.25) is 5.02 Å². The fourth-order valence-electron chi connectivity index (χ4n) is 3.34. The normalized spacial score (nSPS) is 21.1. The van der Waals surface area contributed by atoms with Crippen molar-refractivity contribution in [3.63, 3.8) is 0 Å². The molecule has 0 aliphatic carbocycles. The lowest BCUT2D eigenvalue weighted by atomic mass is 10.0. The Labute approximate surface area is 131 Å². The van der Waals surface area contributed by atoms with Crippen molar-refractivity contribution in [3.8, 4) is 0 Å². The smallest absolute Gasteiger partial charge is 0.146 e. The summed E-state index contributed by atoms with van der Waals surface area (Å²) in [6, 6.07) is 5.61. The van der Waals surface area contributed by atoms with Crippen molar-refractivity contribution >= 4 is 11.6 Å². The van der Waals surface area contributed by atoms with Gasteiger partial charge in [-0.05, 0) is 25.6 Å². The van der Waals surface area contributed by atoms with Gasteiger partial charge >= 0.3 is 0 Å². The highest BCUT2D eigenvalue weighted by Crippen LogP contribution is 2.30. The predicted molar refractivity (Wildman–Crippen MR) is 86.1 cm³/mol. The second-order valence-corrected chi connectivity index (χ2v) is 5.96. The van der Waals surface area contributed by atoms with Gasteiger partial charge in [-0.3, -0.25) is 9.80 Å². The zero-order valence-corrected chi connectivity index (χ0v) is 13.6. The summed E-state index contributed by atoms with van der Waals surface area (Å²) in [6.45, 7) is 8.76. The van der Waals surface area contributed by atoms with Crippen molar-refractivity contribution in [3.05, 3.63) is 34.6 Å². The van der Waals surface area contributed by atoms with Gasteiger partial charge in [-0.2, -0.15) is 0 Å². The van der Waals surface area contributed by atoms with Crippen molar-refractivity contribution in [2.24, 2.45) is 5.73 Å². The van der Waals surface area contributed by atoms with E-state index in [0.717, 1.165) is 32.6 Å². The lowest BCUT2D eigenvalue weighted by Crippen LogP contribution is -2.39. The quantitative estimate of drug-likeness (QED) is 0.876. The molecule has 2 rings (SSSR count). The number of likely N-dealkylation sites (N-methyl/N-ethyl adjacent to an activating group) is 1. The van der Waals surface area contributed by atoms with Gasteiger partial charge in [-0.25, -0.2) is 4.39 Å². The monoisotopic (exact) mass is 313 g/mol. The van der Waals surface area contributed by atoms with Gasteiger partial charge in [0.15, 0.2) is 0 Å². The molecular weight excluding hydrogens is 289 g/mol. The molecule has 1 saturated heterocycles. The van der Waals surface area contributed by atoms with Gasteiger partial charge in [0.2, 0.25) is 0 Å². The topological polar surface area (TPSA) is 32.5 Å². The van der Waals surface area contributed by atoms with E-state index in [-0.39, 0.29) is 16.9 Å². The molecule has 21 heavy (non-hydrogen) atoms. The van der Waals surface area contributed by atoms with Gasteiger partial charge in [-0.15, -0.1) is 0 Å². The molecule has 1 aliphatic rings. The Hall–Kier alpha value is -0.680. The Balaban J connectivity index is 2.14. The lowest BCUT2D eigenvalue weighted by molar-refractivity contribution is 0.188. The first-order valence-corrected chi connectivity index (χ1v) is 8.12. The molecule has 0 saturated carbocycles. The van der Waals surface area contributed by atoms with Crippen LogP contribution in [0.1, 0.15) is 31.9 Å². The first kappa shape index (κ1) is 16.7. The van der Waals surface area contributed by atoms with Crippen LogP contribution in [-0.4, -0.2) is 48.6 Å². The average Bonchev–Trinajstić information content (AvgIpc) is 2.95. The van der Waals surface area contributed by atoms with Crippen LogP contribution in [0, 0.1) is 5.82 Å². The summed E-state index contributed by atoms with van der Waals surface area (Å²) >= 11 is 5.90. The number of hydrogen-bond acceptors (Lipinski definition) is 3. The van der Waals surface area contributed by atoms with Crippen LogP contribution in [0.15, 0.2) is 18.2 Å². The zero-order valence-electron chi connectivity index (χ0n) is 12.9. The summed E-state index contributed by atoms with van der Waals surface area (Å²) < 4.78 is 14.3. The maximum Gasteiger partial charge on any atom is 0.146 e. The summed E-state index contributed by atoms with van der Waals surface area (Å²) in [5, 5.41) is 0.172. The number of rotatable bonds is 6. The van der Waals surface area contributed by atoms with Gasteiger partial charge in [0.1, 0.15) is 5.82 Å². The van der Waals surface area contributed by atoms with E-state index >= 15 is 0 Å². The molecule has 3 nitrogen and oxygen atoms in total. The second kappa shape index (κ2) is 7.54. The summed E-state index contributed by atoms with van der Waals surface area (Å²) in [4.78, 5) is 4.75. The van der Waals surface area contributed by atoms with Gasteiger partial charge in [-0.1, -0.05) is 37.6 Å². The van der Waals surface area contributed by atoms with Crippen molar-refractivity contribution in [1.82, 2.24) is 9.80 Å². The van der Waals surface area contributed by atoms with Gasteiger partial charge in [0.25, 0.3) is 0 Å². The molecule has 1 aliphatic heterocycles. The second-order valence-electron chi connectivity index (χ2n) is 5.55. The number of nitrogens with zero attached hydrogens (tertiary/aromatic N) is 2. The maximum atomic E-state index is 14.3. The lowest BCUT2D eigenvalue weighted by Gasteiger charge is -2.30. The molecule has 0 spiro atoms. The zero-order chi connectivity index (χ0) is 15.4. The van der Waals surface area contributed by atoms with Crippen LogP contribution >= 0.6 is 11.6 Å². The van der Waals surface area contributed by atoms with E-state index in [4.69, 9.17) is 17.3 Å². The molecule has 2 atom stereocenters. The van der Waals surface area contributed by atoms with E-state index in [1.54, 1.807) is 18.2 Å². The molecule has 0 amide bonds. The highest BCUT2D eigenvalue weighted by atomic mass is 35.5. The van der Waals surface area contributed by atoms with Crippen LogP contribution in [0.5, 0.6) is 0 Å². The van der Waals surface area contributed by atoms with Crippen molar-refractivity contribution in [2.45, 2.75) is 32.4 Å². The Morgan fingerprint density at radius 2 is 2.14 bits per heavy atom. The Bertz CT molecular complexity index is 465. The van der Waals surface area contributed by atoms with Gasteiger partial charge < -0.3 is 5.73 Å². The third-order valence-corrected chi connectivity index (χ3v) is 4.82. The molecule has 118 valence electrons. The minimum absolute atomic E-state index is 0.0933. The molecule has 1 heterocycles. The van der Waals surface area contributed by atoms with E-state index in [1.165, 1.54) is 0 Å². The largest absolute Gasteiger partial charge is 0.329 e. The van der Waals surface area contributed by atoms with Crippen LogP contribution in [0.3, 0.4) is 0 Å². The first-order chi connectivity index (χ1) is 10.1. The minimum atomic E-state index is -0.332. The maximum absolute atomic E-state index is 14.3. The predicted octanol–water partition coefficient (Wildman–Crippen LogP) is 2.90. The summed E-state index contributed by atoms with van der Waals surface area (Å²) in [6.07, 6.45) is 1.11. The Kier molecular flexibility index (Phi) is 5.99. The molecule has 0 aromatic heterocycles. The molecule has 0 bridgehead atoms. The summed E-state index contributed by atoms with van der Waals surface area (Å²) in [5.41, 5.74) is 6.54. The van der Waals surface area contributed by atoms with Gasteiger partial charge in [0.05, 0.1) is 11.1 Å². The molecular formula is C16H25ClFN3. The minimum Gasteiger partial charge on any atom is -0.329 e. The summed E-state index contributed by atoms with van der Waals surface area (Å²) in [7, 11) is 0. The first-order valence-electron chi connectivity index (χ1n) is 7.74. The molecule has 0 radical (unpaired) electrons. The fourth-order valence-corrected chi connectivity index (χ4v) is 3.52. The van der Waals surface area contributed by atoms with E-state index in [9.17, 15) is 4.39 Å². The number of hydrogen-bond donors (Lipinski definition) is 1. The van der Waals surface area contributed by atoms with E-state index in [2.05, 4.69) is 23.6 Å². The van der Waals surface area contributed by atoms with Crippen LogP contribution in [0.4, 0.5) is 4.39 Å². The average molecular weight is 314 g/mol. The third kappa shape index (κ3) is 3.57. The van der Waals surface area contributed by atoms with Crippen LogP contribution < -0.4 is 5.73 Å². The van der Waals surface area contributed by atoms with Crippen LogP contribution in [0.25, 0.3) is 0 Å². The molecule has 1 fully saturated rings. The molecule has 2 unspecified atom stereocenters. The third-order valence-electron chi connectivity index (χ3n) is 4.53. The fraction of sp³-hybridized carbons (Fsp3) is 0.625. The van der Waals surface area contributed by atoms with Crippen LogP contribution in [-0.2, 0) is 0 Å². The van der Waals surface area contributed by atoms with Gasteiger partial charge in [0, 0.05) is 31.2 Å². The number of likely N-dealkylation sites (tertiary alicyclic amines) is 1. The molecule has 2 N–H and O–H groups in total. The number of halogens is 2. The van der Waals surface area contributed by atoms with E-state index in [1.807, 2.05) is 0 Å². The van der Waals surface area contributed by atoms with Crippen molar-refractivity contribution < 1.29 is 4.39 Å². The van der Waals surface area contributed by atoms with Crippen molar-refractivity contribution in [2.75, 3.05) is 32.7 Å². The summed E-state index contributed by atoms with van der Waals surface area (Å²) in [5.74, 6) is -0.332.